The van der Waals surface area contributed by atoms with Crippen molar-refractivity contribution >= 4 is 21.6 Å². The summed E-state index contributed by atoms with van der Waals surface area (Å²) in [5.41, 5.74) is 2.61. The summed E-state index contributed by atoms with van der Waals surface area (Å²) in [7, 11) is 0. The van der Waals surface area contributed by atoms with Crippen LogP contribution in [0.4, 0.5) is 0 Å². The van der Waals surface area contributed by atoms with Gasteiger partial charge in [-0.15, -0.1) is 11.3 Å². The minimum Gasteiger partial charge on any atom is -0.255 e. The predicted octanol–water partition coefficient (Wildman–Crippen LogP) is 4.12. The van der Waals surface area contributed by atoms with Crippen molar-refractivity contribution in [2.75, 3.05) is 0 Å². The summed E-state index contributed by atoms with van der Waals surface area (Å²) in [5, 5.41) is 0. The molecule has 2 heterocycles. The Morgan fingerprint density at radius 3 is 3.00 bits per heavy atom. The molecule has 0 N–H and O–H groups in total. The number of hydrogen-bond donors (Lipinski definition) is 0. The second-order valence-electron chi connectivity index (χ2n) is 3.78. The van der Waals surface area contributed by atoms with Gasteiger partial charge in [-0.25, -0.2) is 0 Å². The minimum absolute atomic E-state index is 0.638. The van der Waals surface area contributed by atoms with Gasteiger partial charge in [-0.1, -0.05) is 13.8 Å². The van der Waals surface area contributed by atoms with Crippen LogP contribution in [0.3, 0.4) is 0 Å². The number of nitrogens with zero attached hydrogens (tertiary/aromatic N) is 1. The van der Waals surface area contributed by atoms with E-state index in [4.69, 9.17) is 0 Å². The SMILES string of the molecule is CCC(C)c1ccnc2cc(C)sc12. The molecule has 0 saturated heterocycles. The van der Waals surface area contributed by atoms with Crippen molar-refractivity contribution in [1.82, 2.24) is 4.98 Å². The molecule has 1 unspecified atom stereocenters. The van der Waals surface area contributed by atoms with Crippen molar-refractivity contribution in [1.29, 1.82) is 0 Å². The van der Waals surface area contributed by atoms with E-state index in [9.17, 15) is 0 Å². The van der Waals surface area contributed by atoms with Gasteiger partial charge in [-0.3, -0.25) is 4.98 Å². The summed E-state index contributed by atoms with van der Waals surface area (Å²) in [5.74, 6) is 0.638. The van der Waals surface area contributed by atoms with Gasteiger partial charge in [0.05, 0.1) is 10.2 Å². The van der Waals surface area contributed by atoms with E-state index >= 15 is 0 Å². The third-order valence-corrected chi connectivity index (χ3v) is 3.80. The van der Waals surface area contributed by atoms with Crippen LogP contribution in [-0.4, -0.2) is 4.98 Å². The second-order valence-corrected chi connectivity index (χ2v) is 5.04. The number of aromatic nitrogens is 1. The fourth-order valence-electron chi connectivity index (χ4n) is 1.69. The molecule has 0 radical (unpaired) electrons. The van der Waals surface area contributed by atoms with Crippen LogP contribution in [0.1, 0.15) is 36.6 Å². The van der Waals surface area contributed by atoms with Gasteiger partial charge in [0.1, 0.15) is 0 Å². The maximum absolute atomic E-state index is 4.39. The van der Waals surface area contributed by atoms with E-state index in [1.54, 1.807) is 0 Å². The lowest BCUT2D eigenvalue weighted by Gasteiger charge is -2.08. The van der Waals surface area contributed by atoms with Crippen LogP contribution in [0.25, 0.3) is 10.2 Å². The smallest absolute Gasteiger partial charge is 0.0815 e. The van der Waals surface area contributed by atoms with Crippen molar-refractivity contribution < 1.29 is 0 Å². The standard InChI is InChI=1S/C12H15NS/c1-4-8(2)10-5-6-13-11-7-9(3)14-12(10)11/h5-8H,4H2,1-3H3. The highest BCUT2D eigenvalue weighted by Gasteiger charge is 2.09. The first-order chi connectivity index (χ1) is 6.72. The van der Waals surface area contributed by atoms with E-state index < -0.39 is 0 Å². The first-order valence-electron chi connectivity index (χ1n) is 5.07. The number of aryl methyl sites for hydroxylation is 1. The molecule has 2 heteroatoms. The summed E-state index contributed by atoms with van der Waals surface area (Å²) in [6.07, 6.45) is 3.12. The van der Waals surface area contributed by atoms with Gasteiger partial charge >= 0.3 is 0 Å². The van der Waals surface area contributed by atoms with E-state index in [-0.39, 0.29) is 0 Å². The van der Waals surface area contributed by atoms with Crippen LogP contribution in [0.5, 0.6) is 0 Å². The third kappa shape index (κ3) is 1.55. The Hall–Kier alpha value is -0.890. The molecule has 0 bridgehead atoms. The molecule has 0 aliphatic carbocycles. The number of thiophene rings is 1. The van der Waals surface area contributed by atoms with Crippen molar-refractivity contribution in [3.63, 3.8) is 0 Å². The summed E-state index contributed by atoms with van der Waals surface area (Å²) < 4.78 is 1.37. The molecule has 2 rings (SSSR count). The summed E-state index contributed by atoms with van der Waals surface area (Å²) in [6, 6.07) is 4.33. The molecule has 74 valence electrons. The lowest BCUT2D eigenvalue weighted by atomic mass is 9.99. The van der Waals surface area contributed by atoms with E-state index in [0.29, 0.717) is 5.92 Å². The Kier molecular flexibility index (Phi) is 2.55. The Morgan fingerprint density at radius 1 is 1.50 bits per heavy atom. The van der Waals surface area contributed by atoms with Crippen LogP contribution >= 0.6 is 11.3 Å². The van der Waals surface area contributed by atoms with Crippen LogP contribution in [-0.2, 0) is 0 Å². The first-order valence-corrected chi connectivity index (χ1v) is 5.89. The van der Waals surface area contributed by atoms with E-state index in [1.807, 2.05) is 17.5 Å². The molecule has 1 nitrogen and oxygen atoms in total. The molecule has 2 aromatic rings. The Balaban J connectivity index is 2.64. The largest absolute Gasteiger partial charge is 0.255 e. The summed E-state index contributed by atoms with van der Waals surface area (Å²) in [6.45, 7) is 6.66. The average Bonchev–Trinajstić information content (AvgIpc) is 2.56. The quantitative estimate of drug-likeness (QED) is 0.718. The zero-order valence-corrected chi connectivity index (χ0v) is 9.69. The van der Waals surface area contributed by atoms with Crippen molar-refractivity contribution in [2.45, 2.75) is 33.1 Å². The highest BCUT2D eigenvalue weighted by molar-refractivity contribution is 7.19. The number of pyridine rings is 1. The number of hydrogen-bond acceptors (Lipinski definition) is 2. The Morgan fingerprint density at radius 2 is 2.29 bits per heavy atom. The van der Waals surface area contributed by atoms with Gasteiger partial charge in [0.2, 0.25) is 0 Å². The molecule has 0 amide bonds. The molecule has 0 aliphatic heterocycles. The lowest BCUT2D eigenvalue weighted by Crippen LogP contribution is -1.91. The van der Waals surface area contributed by atoms with Crippen LogP contribution in [0.2, 0.25) is 0 Å². The zero-order valence-electron chi connectivity index (χ0n) is 8.87. The monoisotopic (exact) mass is 205 g/mol. The van der Waals surface area contributed by atoms with Gasteiger partial charge in [0.15, 0.2) is 0 Å². The van der Waals surface area contributed by atoms with Crippen molar-refractivity contribution in [3.8, 4) is 0 Å². The van der Waals surface area contributed by atoms with Crippen LogP contribution in [0, 0.1) is 6.92 Å². The third-order valence-electron chi connectivity index (χ3n) is 2.71. The average molecular weight is 205 g/mol. The number of rotatable bonds is 2. The highest BCUT2D eigenvalue weighted by Crippen LogP contribution is 2.32. The van der Waals surface area contributed by atoms with E-state index in [2.05, 4.69) is 37.9 Å². The first kappa shape index (κ1) is 9.66. The number of fused-ring (bicyclic) bond motifs is 1. The lowest BCUT2D eigenvalue weighted by molar-refractivity contribution is 0.740. The van der Waals surface area contributed by atoms with Crippen LogP contribution in [0.15, 0.2) is 18.3 Å². The van der Waals surface area contributed by atoms with Crippen molar-refractivity contribution in [3.05, 3.63) is 28.8 Å². The Labute approximate surface area is 88.8 Å². The topological polar surface area (TPSA) is 12.9 Å². The predicted molar refractivity (Wildman–Crippen MR) is 63.1 cm³/mol. The molecular weight excluding hydrogens is 190 g/mol. The van der Waals surface area contributed by atoms with E-state index in [0.717, 1.165) is 5.52 Å². The van der Waals surface area contributed by atoms with Gasteiger partial charge in [-0.2, -0.15) is 0 Å². The van der Waals surface area contributed by atoms with Gasteiger partial charge < -0.3 is 0 Å². The van der Waals surface area contributed by atoms with Crippen LogP contribution < -0.4 is 0 Å². The fraction of sp³-hybridized carbons (Fsp3) is 0.417. The zero-order chi connectivity index (χ0) is 10.1. The highest BCUT2D eigenvalue weighted by atomic mass is 32.1. The maximum atomic E-state index is 4.39. The summed E-state index contributed by atoms with van der Waals surface area (Å²) in [4.78, 5) is 5.74. The van der Waals surface area contributed by atoms with Crippen molar-refractivity contribution in [2.24, 2.45) is 0 Å². The Bertz CT molecular complexity index is 445. The molecule has 0 saturated carbocycles. The van der Waals surface area contributed by atoms with Gasteiger partial charge in [0.25, 0.3) is 0 Å². The van der Waals surface area contributed by atoms with Gasteiger partial charge in [0, 0.05) is 11.1 Å². The molecule has 1 atom stereocenters. The molecule has 0 fully saturated rings. The maximum Gasteiger partial charge on any atom is 0.0815 e. The van der Waals surface area contributed by atoms with E-state index in [1.165, 1.54) is 21.6 Å². The van der Waals surface area contributed by atoms with Gasteiger partial charge in [-0.05, 0) is 37.0 Å². The molecule has 2 aromatic heterocycles. The molecular formula is C12H15NS. The summed E-state index contributed by atoms with van der Waals surface area (Å²) >= 11 is 1.86. The molecule has 0 aliphatic rings. The molecule has 0 spiro atoms. The molecule has 14 heavy (non-hydrogen) atoms. The fourth-order valence-corrected chi connectivity index (χ4v) is 2.78. The molecule has 0 aromatic carbocycles. The minimum atomic E-state index is 0.638. The second kappa shape index (κ2) is 3.70. The normalized spacial score (nSPS) is 13.4.